The van der Waals surface area contributed by atoms with Crippen LogP contribution < -0.4 is 0 Å². The van der Waals surface area contributed by atoms with Gasteiger partial charge in [-0.15, -0.1) is 0 Å². The Morgan fingerprint density at radius 1 is 1.42 bits per heavy atom. The molecule has 0 aliphatic carbocycles. The number of rotatable bonds is 1. The minimum Gasteiger partial charge on any atom is -0.481 e. The van der Waals surface area contributed by atoms with E-state index >= 15 is 0 Å². The van der Waals surface area contributed by atoms with Gasteiger partial charge in [0.2, 0.25) is 0 Å². The minimum absolute atomic E-state index is 0.130. The Hall–Kier alpha value is -0.570. The third-order valence-electron chi connectivity index (χ3n) is 2.79. The molecule has 3 nitrogen and oxygen atoms in total. The fourth-order valence-electron chi connectivity index (χ4n) is 1.75. The summed E-state index contributed by atoms with van der Waals surface area (Å²) < 4.78 is 0. The van der Waals surface area contributed by atoms with Crippen LogP contribution >= 0.6 is 0 Å². The highest BCUT2D eigenvalue weighted by Crippen LogP contribution is 2.23. The molecule has 2 atom stereocenters. The van der Waals surface area contributed by atoms with Crippen molar-refractivity contribution in [3.63, 3.8) is 0 Å². The summed E-state index contributed by atoms with van der Waals surface area (Å²) in [6.07, 6.45) is 1.81. The molecule has 1 aliphatic rings. The first-order valence-corrected chi connectivity index (χ1v) is 4.52. The summed E-state index contributed by atoms with van der Waals surface area (Å²) in [5.41, 5.74) is 0. The predicted molar refractivity (Wildman–Crippen MR) is 47.0 cm³/mol. The van der Waals surface area contributed by atoms with Gasteiger partial charge in [0.15, 0.2) is 0 Å². The largest absolute Gasteiger partial charge is 0.481 e. The highest BCUT2D eigenvalue weighted by molar-refractivity contribution is 5.70. The summed E-state index contributed by atoms with van der Waals surface area (Å²) >= 11 is 0. The van der Waals surface area contributed by atoms with Gasteiger partial charge in [0, 0.05) is 0 Å². The third kappa shape index (κ3) is 2.21. The lowest BCUT2D eigenvalue weighted by Gasteiger charge is -2.15. The quantitative estimate of drug-likeness (QED) is 0.641. The minimum atomic E-state index is -0.627. The zero-order chi connectivity index (χ0) is 9.14. The summed E-state index contributed by atoms with van der Waals surface area (Å²) in [6.45, 7) is 3.99. The average Bonchev–Trinajstić information content (AvgIpc) is 2.14. The molecule has 12 heavy (non-hydrogen) atoms. The van der Waals surface area contributed by atoms with E-state index in [0.29, 0.717) is 5.92 Å². The average molecular weight is 171 g/mol. The van der Waals surface area contributed by atoms with Crippen molar-refractivity contribution in [1.29, 1.82) is 0 Å². The normalized spacial score (nSPS) is 32.8. The number of carbonyl (C=O) groups is 1. The van der Waals surface area contributed by atoms with Crippen LogP contribution in [-0.2, 0) is 4.79 Å². The van der Waals surface area contributed by atoms with Crippen LogP contribution in [0.2, 0.25) is 0 Å². The molecule has 0 amide bonds. The van der Waals surface area contributed by atoms with Crippen LogP contribution in [0.1, 0.15) is 19.8 Å². The maximum Gasteiger partial charge on any atom is 0.306 e. The lowest BCUT2D eigenvalue weighted by molar-refractivity contribution is -0.143. The van der Waals surface area contributed by atoms with Crippen LogP contribution in [-0.4, -0.2) is 36.1 Å². The first-order valence-electron chi connectivity index (χ1n) is 4.52. The van der Waals surface area contributed by atoms with Crippen molar-refractivity contribution < 1.29 is 9.90 Å². The standard InChI is InChI=1S/C9H17NO2/c1-7-3-5-10(2)6-4-8(7)9(11)12/h7-8H,3-6H2,1-2H3,(H,11,12). The van der Waals surface area contributed by atoms with E-state index < -0.39 is 5.97 Å². The fourth-order valence-corrected chi connectivity index (χ4v) is 1.75. The van der Waals surface area contributed by atoms with E-state index in [-0.39, 0.29) is 5.92 Å². The Morgan fingerprint density at radius 2 is 2.00 bits per heavy atom. The maximum absolute atomic E-state index is 10.8. The topological polar surface area (TPSA) is 40.5 Å². The zero-order valence-electron chi connectivity index (χ0n) is 7.79. The molecule has 1 heterocycles. The van der Waals surface area contributed by atoms with Crippen molar-refractivity contribution in [2.75, 3.05) is 20.1 Å². The van der Waals surface area contributed by atoms with Gasteiger partial charge in [0.05, 0.1) is 5.92 Å². The number of carboxylic acids is 1. The van der Waals surface area contributed by atoms with Crippen LogP contribution in [0, 0.1) is 11.8 Å². The first kappa shape index (κ1) is 9.52. The second-order valence-electron chi connectivity index (χ2n) is 3.80. The van der Waals surface area contributed by atoms with Crippen molar-refractivity contribution in [2.45, 2.75) is 19.8 Å². The highest BCUT2D eigenvalue weighted by atomic mass is 16.4. The second kappa shape index (κ2) is 3.90. The number of carboxylic acid groups (broad SMARTS) is 1. The van der Waals surface area contributed by atoms with Gasteiger partial charge in [0.25, 0.3) is 0 Å². The molecule has 1 saturated heterocycles. The van der Waals surface area contributed by atoms with Gasteiger partial charge in [-0.3, -0.25) is 4.79 Å². The molecule has 0 aromatic rings. The molecule has 1 rings (SSSR count). The Balaban J connectivity index is 2.56. The Kier molecular flexibility index (Phi) is 3.09. The van der Waals surface area contributed by atoms with Gasteiger partial charge in [-0.1, -0.05) is 6.92 Å². The molecule has 1 N–H and O–H groups in total. The van der Waals surface area contributed by atoms with Gasteiger partial charge in [0.1, 0.15) is 0 Å². The van der Waals surface area contributed by atoms with Crippen LogP contribution in [0.15, 0.2) is 0 Å². The Labute approximate surface area is 73.4 Å². The van der Waals surface area contributed by atoms with Gasteiger partial charge < -0.3 is 10.0 Å². The van der Waals surface area contributed by atoms with Crippen LogP contribution in [0.3, 0.4) is 0 Å². The van der Waals surface area contributed by atoms with Crippen LogP contribution in [0.25, 0.3) is 0 Å². The summed E-state index contributed by atoms with van der Waals surface area (Å²) in [5.74, 6) is -0.430. The van der Waals surface area contributed by atoms with E-state index in [2.05, 4.69) is 11.9 Å². The van der Waals surface area contributed by atoms with Gasteiger partial charge in [-0.05, 0) is 38.9 Å². The lowest BCUT2D eigenvalue weighted by Crippen LogP contribution is -2.22. The van der Waals surface area contributed by atoms with E-state index in [1.807, 2.05) is 6.92 Å². The van der Waals surface area contributed by atoms with E-state index in [0.717, 1.165) is 25.9 Å². The number of aliphatic carboxylic acids is 1. The summed E-state index contributed by atoms with van der Waals surface area (Å²) in [7, 11) is 2.05. The summed E-state index contributed by atoms with van der Waals surface area (Å²) in [6, 6.07) is 0. The molecule has 2 unspecified atom stereocenters. The Bertz CT molecular complexity index is 170. The molecular formula is C9H17NO2. The molecule has 0 aromatic carbocycles. The smallest absolute Gasteiger partial charge is 0.306 e. The van der Waals surface area contributed by atoms with E-state index in [4.69, 9.17) is 5.11 Å². The molecule has 0 bridgehead atoms. The lowest BCUT2D eigenvalue weighted by atomic mass is 9.90. The zero-order valence-corrected chi connectivity index (χ0v) is 7.79. The molecule has 70 valence electrons. The predicted octanol–water partition coefficient (Wildman–Crippen LogP) is 1.05. The van der Waals surface area contributed by atoms with Crippen molar-refractivity contribution in [3.8, 4) is 0 Å². The molecule has 1 fully saturated rings. The molecule has 3 heteroatoms. The van der Waals surface area contributed by atoms with E-state index in [1.165, 1.54) is 0 Å². The summed E-state index contributed by atoms with van der Waals surface area (Å²) in [5, 5.41) is 8.90. The molecule has 0 aromatic heterocycles. The SMILES string of the molecule is CC1CCN(C)CCC1C(=O)O. The van der Waals surface area contributed by atoms with E-state index in [9.17, 15) is 4.79 Å². The number of likely N-dealkylation sites (tertiary alicyclic amines) is 1. The molecule has 0 saturated carbocycles. The van der Waals surface area contributed by atoms with E-state index in [1.54, 1.807) is 0 Å². The number of nitrogens with zero attached hydrogens (tertiary/aromatic N) is 1. The summed E-state index contributed by atoms with van der Waals surface area (Å²) in [4.78, 5) is 13.0. The van der Waals surface area contributed by atoms with Gasteiger partial charge >= 0.3 is 5.97 Å². The molecule has 0 spiro atoms. The monoisotopic (exact) mass is 171 g/mol. The third-order valence-corrected chi connectivity index (χ3v) is 2.79. The first-order chi connectivity index (χ1) is 5.61. The fraction of sp³-hybridized carbons (Fsp3) is 0.889. The Morgan fingerprint density at radius 3 is 2.58 bits per heavy atom. The second-order valence-corrected chi connectivity index (χ2v) is 3.80. The van der Waals surface area contributed by atoms with Crippen molar-refractivity contribution in [3.05, 3.63) is 0 Å². The van der Waals surface area contributed by atoms with Gasteiger partial charge in [-0.2, -0.15) is 0 Å². The van der Waals surface area contributed by atoms with Crippen molar-refractivity contribution >= 4 is 5.97 Å². The molecular weight excluding hydrogens is 154 g/mol. The molecule has 1 aliphatic heterocycles. The van der Waals surface area contributed by atoms with Crippen LogP contribution in [0.5, 0.6) is 0 Å². The molecule has 0 radical (unpaired) electrons. The maximum atomic E-state index is 10.8. The van der Waals surface area contributed by atoms with Gasteiger partial charge in [-0.25, -0.2) is 0 Å². The van der Waals surface area contributed by atoms with Crippen LogP contribution in [0.4, 0.5) is 0 Å². The number of hydrogen-bond acceptors (Lipinski definition) is 2. The van der Waals surface area contributed by atoms with Crippen molar-refractivity contribution in [1.82, 2.24) is 4.90 Å². The number of hydrogen-bond donors (Lipinski definition) is 1. The highest BCUT2D eigenvalue weighted by Gasteiger charge is 2.27. The van der Waals surface area contributed by atoms with Crippen molar-refractivity contribution in [2.24, 2.45) is 11.8 Å².